The lowest BCUT2D eigenvalue weighted by atomic mass is 9.90. The first kappa shape index (κ1) is 41.8. The first-order valence-corrected chi connectivity index (χ1v) is 17.3. The van der Waals surface area contributed by atoms with Crippen molar-refractivity contribution < 1.29 is 33.6 Å². The number of ketones is 1. The van der Waals surface area contributed by atoms with Crippen molar-refractivity contribution in [3.63, 3.8) is 0 Å². The molecule has 2 rings (SSSR count). The second kappa shape index (κ2) is 22.3. The highest BCUT2D eigenvalue weighted by atomic mass is 16.2. The Kier molecular flexibility index (Phi) is 18.7. The smallest absolute Gasteiger partial charge is 0.243 e. The molecule has 0 aliphatic carbocycles. The normalized spacial score (nSPS) is 24.4. The van der Waals surface area contributed by atoms with Crippen molar-refractivity contribution >= 4 is 41.2 Å². The van der Waals surface area contributed by atoms with Gasteiger partial charge in [-0.05, 0) is 69.6 Å². The summed E-state index contributed by atoms with van der Waals surface area (Å²) < 4.78 is 0. The van der Waals surface area contributed by atoms with Crippen molar-refractivity contribution in [1.82, 2.24) is 31.9 Å². The summed E-state index contributed by atoms with van der Waals surface area (Å²) in [6.45, 7) is 3.52. The van der Waals surface area contributed by atoms with Gasteiger partial charge in [0.1, 0.15) is 18.1 Å². The molecule has 1 aromatic carbocycles. The SMILES string of the molecule is CC(C)C[C@@H]1NC(=O)CNC(=O)[C@H](CCN)NC(=O)CCCNC(=O)[C@H](Cc2ccccc2)CC(=O)[C@H](CCN)NC(=O)[C@H](CCN)NC1=O. The number of carbonyl (C=O) groups is 7. The summed E-state index contributed by atoms with van der Waals surface area (Å²) in [5.74, 6) is -4.71. The molecule has 0 saturated carbocycles. The Hall–Kier alpha value is -4.41. The van der Waals surface area contributed by atoms with Crippen LogP contribution in [0.4, 0.5) is 0 Å². The molecule has 0 spiro atoms. The number of hydrogen-bond donors (Lipinski definition) is 9. The lowest BCUT2D eigenvalue weighted by Crippen LogP contribution is -2.57. The summed E-state index contributed by atoms with van der Waals surface area (Å²) >= 11 is 0. The van der Waals surface area contributed by atoms with Gasteiger partial charge >= 0.3 is 0 Å². The average molecular weight is 702 g/mol. The summed E-state index contributed by atoms with van der Waals surface area (Å²) in [4.78, 5) is 92.5. The van der Waals surface area contributed by atoms with Crippen molar-refractivity contribution in [1.29, 1.82) is 0 Å². The zero-order valence-electron chi connectivity index (χ0n) is 29.1. The minimum atomic E-state index is -1.14. The molecule has 0 unspecified atom stereocenters. The monoisotopic (exact) mass is 701 g/mol. The van der Waals surface area contributed by atoms with Crippen LogP contribution >= 0.6 is 0 Å². The molecule has 1 heterocycles. The lowest BCUT2D eigenvalue weighted by molar-refractivity contribution is -0.134. The number of rotatable bonds is 10. The van der Waals surface area contributed by atoms with Gasteiger partial charge in [0.25, 0.3) is 0 Å². The minimum absolute atomic E-state index is 0.0159. The maximum atomic E-state index is 13.7. The zero-order valence-corrected chi connectivity index (χ0v) is 29.1. The fourth-order valence-corrected chi connectivity index (χ4v) is 5.55. The van der Waals surface area contributed by atoms with E-state index in [1.807, 2.05) is 44.2 Å². The molecule has 0 bridgehead atoms. The van der Waals surface area contributed by atoms with Gasteiger partial charge in [-0.25, -0.2) is 0 Å². The van der Waals surface area contributed by atoms with Crippen LogP contribution in [0.3, 0.4) is 0 Å². The standard InChI is InChI=1S/C34H55N9O7/c1-21(2)17-27-34(50)43-26(12-15-37)33(49)42-24(10-13-35)28(44)19-23(18-22-7-4-3-5-8-22)31(47)38-16-6-9-29(45)40-25(11-14-36)32(48)39-20-30(46)41-27/h3-5,7-8,21,23-27H,6,9-20,35-37H2,1-2H3,(H,38,47)(H,39,48)(H,40,45)(H,41,46)(H,42,49)(H,43,50)/t23-,24+,25+,26+,27+/m1/s1. The van der Waals surface area contributed by atoms with E-state index in [1.165, 1.54) is 0 Å². The van der Waals surface area contributed by atoms with E-state index in [0.717, 1.165) is 5.56 Å². The molecule has 6 amide bonds. The molecule has 12 N–H and O–H groups in total. The summed E-state index contributed by atoms with van der Waals surface area (Å²) in [6, 6.07) is 4.91. The van der Waals surface area contributed by atoms with E-state index in [9.17, 15) is 33.6 Å². The summed E-state index contributed by atoms with van der Waals surface area (Å²) in [7, 11) is 0. The van der Waals surface area contributed by atoms with E-state index in [1.54, 1.807) is 0 Å². The second-order valence-corrected chi connectivity index (χ2v) is 12.9. The molecular formula is C34H55N9O7. The second-order valence-electron chi connectivity index (χ2n) is 12.9. The van der Waals surface area contributed by atoms with E-state index < -0.39 is 77.9 Å². The topological polar surface area (TPSA) is 270 Å². The van der Waals surface area contributed by atoms with E-state index >= 15 is 0 Å². The Balaban J connectivity index is 2.41. The van der Waals surface area contributed by atoms with E-state index in [2.05, 4.69) is 31.9 Å². The molecule has 1 saturated heterocycles. The minimum Gasteiger partial charge on any atom is -0.356 e. The van der Waals surface area contributed by atoms with Crippen LogP contribution in [0, 0.1) is 11.8 Å². The highest BCUT2D eigenvalue weighted by molar-refractivity contribution is 5.96. The molecule has 16 heteroatoms. The van der Waals surface area contributed by atoms with Gasteiger partial charge in [-0.2, -0.15) is 0 Å². The van der Waals surface area contributed by atoms with Gasteiger partial charge in [-0.15, -0.1) is 0 Å². The Bertz CT molecular complexity index is 1290. The van der Waals surface area contributed by atoms with Crippen LogP contribution in [0.1, 0.15) is 64.4 Å². The van der Waals surface area contributed by atoms with E-state index in [-0.39, 0.29) is 83.5 Å². The Morgan fingerprint density at radius 3 is 1.84 bits per heavy atom. The predicted octanol–water partition coefficient (Wildman–Crippen LogP) is -2.14. The van der Waals surface area contributed by atoms with Crippen molar-refractivity contribution in [3.05, 3.63) is 35.9 Å². The van der Waals surface area contributed by atoms with Gasteiger partial charge in [0.05, 0.1) is 12.6 Å². The highest BCUT2D eigenvalue weighted by Crippen LogP contribution is 2.16. The van der Waals surface area contributed by atoms with Gasteiger partial charge in [0, 0.05) is 25.3 Å². The van der Waals surface area contributed by atoms with E-state index in [0.29, 0.717) is 0 Å². The fraction of sp³-hybridized carbons (Fsp3) is 0.618. The molecular weight excluding hydrogens is 646 g/mol. The van der Waals surface area contributed by atoms with Gasteiger partial charge in [-0.3, -0.25) is 33.6 Å². The van der Waals surface area contributed by atoms with Gasteiger partial charge < -0.3 is 49.1 Å². The number of nitrogens with one attached hydrogen (secondary N) is 6. The molecule has 1 fully saturated rings. The van der Waals surface area contributed by atoms with Crippen LogP contribution in [0.2, 0.25) is 0 Å². The predicted molar refractivity (Wildman–Crippen MR) is 187 cm³/mol. The van der Waals surface area contributed by atoms with Crippen LogP contribution in [0.15, 0.2) is 30.3 Å². The van der Waals surface area contributed by atoms with Crippen LogP contribution in [0.25, 0.3) is 0 Å². The van der Waals surface area contributed by atoms with Crippen molar-refractivity contribution in [2.24, 2.45) is 29.0 Å². The largest absolute Gasteiger partial charge is 0.356 e. The number of amides is 6. The van der Waals surface area contributed by atoms with Crippen molar-refractivity contribution in [2.75, 3.05) is 32.7 Å². The van der Waals surface area contributed by atoms with Gasteiger partial charge in [-0.1, -0.05) is 44.2 Å². The van der Waals surface area contributed by atoms with E-state index in [4.69, 9.17) is 17.2 Å². The quantitative estimate of drug-likeness (QED) is 0.128. The number of hydrogen-bond acceptors (Lipinski definition) is 10. The highest BCUT2D eigenvalue weighted by Gasteiger charge is 2.32. The summed E-state index contributed by atoms with van der Waals surface area (Å²) in [5, 5.41) is 15.9. The number of Topliss-reactive ketones (excluding diaryl/α,β-unsaturated/α-hetero) is 1. The van der Waals surface area contributed by atoms with Crippen molar-refractivity contribution in [2.45, 2.75) is 89.4 Å². The number of nitrogens with two attached hydrogens (primary N) is 3. The molecule has 278 valence electrons. The molecule has 0 aromatic heterocycles. The maximum Gasteiger partial charge on any atom is 0.243 e. The van der Waals surface area contributed by atoms with Gasteiger partial charge in [0.15, 0.2) is 5.78 Å². The third-order valence-corrected chi connectivity index (χ3v) is 8.16. The zero-order chi connectivity index (χ0) is 37.1. The van der Waals surface area contributed by atoms with Crippen LogP contribution in [-0.2, 0) is 40.0 Å². The van der Waals surface area contributed by atoms with Gasteiger partial charge in [0.2, 0.25) is 35.4 Å². The first-order valence-electron chi connectivity index (χ1n) is 17.3. The maximum absolute atomic E-state index is 13.7. The Morgan fingerprint density at radius 1 is 0.660 bits per heavy atom. The Morgan fingerprint density at radius 2 is 1.22 bits per heavy atom. The lowest BCUT2D eigenvalue weighted by Gasteiger charge is -2.26. The molecule has 5 atom stereocenters. The average Bonchev–Trinajstić information content (AvgIpc) is 3.07. The van der Waals surface area contributed by atoms with Crippen LogP contribution in [-0.4, -0.2) is 98.1 Å². The summed E-state index contributed by atoms with van der Waals surface area (Å²) in [6.07, 6.45) is 0.712. The molecule has 1 aromatic rings. The molecule has 0 radical (unpaired) electrons. The third kappa shape index (κ3) is 15.0. The van der Waals surface area contributed by atoms with Crippen LogP contribution in [0.5, 0.6) is 0 Å². The number of carbonyl (C=O) groups excluding carboxylic acids is 7. The fourth-order valence-electron chi connectivity index (χ4n) is 5.55. The third-order valence-electron chi connectivity index (χ3n) is 8.16. The molecule has 50 heavy (non-hydrogen) atoms. The Labute approximate surface area is 293 Å². The molecule has 1 aliphatic heterocycles. The molecule has 1 aliphatic rings. The molecule has 16 nitrogen and oxygen atoms in total. The summed E-state index contributed by atoms with van der Waals surface area (Å²) in [5.41, 5.74) is 18.1. The van der Waals surface area contributed by atoms with Crippen molar-refractivity contribution in [3.8, 4) is 0 Å². The van der Waals surface area contributed by atoms with Crippen LogP contribution < -0.4 is 49.1 Å². The number of benzene rings is 1. The first-order chi connectivity index (χ1) is 23.9.